The van der Waals surface area contributed by atoms with Crippen molar-refractivity contribution in [2.45, 2.75) is 6.54 Å². The lowest BCUT2D eigenvalue weighted by Gasteiger charge is -2.09. The monoisotopic (exact) mass is 238 g/mol. The SMILES string of the molecule is Nc1nc(N)c2cn(CC(CO)CO)nc2n1. The molecule has 8 heteroatoms. The first-order chi connectivity index (χ1) is 8.13. The summed E-state index contributed by atoms with van der Waals surface area (Å²) in [6, 6.07) is 0. The van der Waals surface area contributed by atoms with Crippen LogP contribution >= 0.6 is 0 Å². The summed E-state index contributed by atoms with van der Waals surface area (Å²) in [6.45, 7) is 0.148. The summed E-state index contributed by atoms with van der Waals surface area (Å²) in [7, 11) is 0. The van der Waals surface area contributed by atoms with Crippen molar-refractivity contribution in [1.82, 2.24) is 19.7 Å². The minimum absolute atomic E-state index is 0.0705. The van der Waals surface area contributed by atoms with Crippen LogP contribution in [0.5, 0.6) is 0 Å². The molecule has 0 unspecified atom stereocenters. The van der Waals surface area contributed by atoms with Crippen LogP contribution in [0.4, 0.5) is 11.8 Å². The highest BCUT2D eigenvalue weighted by atomic mass is 16.3. The molecule has 0 aliphatic carbocycles. The molecule has 0 fully saturated rings. The lowest BCUT2D eigenvalue weighted by atomic mass is 10.2. The summed E-state index contributed by atoms with van der Waals surface area (Å²) >= 11 is 0. The average Bonchev–Trinajstić information content (AvgIpc) is 2.68. The highest BCUT2D eigenvalue weighted by Crippen LogP contribution is 2.17. The Bertz CT molecular complexity index is 521. The lowest BCUT2D eigenvalue weighted by Crippen LogP contribution is -2.18. The van der Waals surface area contributed by atoms with E-state index in [9.17, 15) is 0 Å². The highest BCUT2D eigenvalue weighted by molar-refractivity contribution is 5.85. The molecule has 2 aromatic heterocycles. The fraction of sp³-hybridized carbons (Fsp3) is 0.444. The maximum Gasteiger partial charge on any atom is 0.224 e. The van der Waals surface area contributed by atoms with Gasteiger partial charge in [0.05, 0.1) is 5.39 Å². The van der Waals surface area contributed by atoms with E-state index in [1.165, 1.54) is 0 Å². The Kier molecular flexibility index (Phi) is 3.07. The standard InChI is InChI=1S/C9H14N6O2/c10-7-6-2-15(1-5(3-16)4-17)14-8(6)13-9(11)12-7/h2,5,16-17H,1,3-4H2,(H4,10,11,12,13,14). The van der Waals surface area contributed by atoms with Crippen molar-refractivity contribution < 1.29 is 10.2 Å². The molecule has 2 heterocycles. The van der Waals surface area contributed by atoms with Crippen LogP contribution in [0.15, 0.2) is 6.20 Å². The van der Waals surface area contributed by atoms with Gasteiger partial charge in [0.2, 0.25) is 5.95 Å². The van der Waals surface area contributed by atoms with E-state index in [1.54, 1.807) is 10.9 Å². The second-order valence-corrected chi connectivity index (χ2v) is 3.79. The fourth-order valence-corrected chi connectivity index (χ4v) is 1.52. The zero-order valence-corrected chi connectivity index (χ0v) is 9.11. The van der Waals surface area contributed by atoms with Crippen LogP contribution < -0.4 is 11.5 Å². The lowest BCUT2D eigenvalue weighted by molar-refractivity contribution is 0.134. The van der Waals surface area contributed by atoms with Gasteiger partial charge in [-0.15, -0.1) is 0 Å². The third kappa shape index (κ3) is 2.27. The van der Waals surface area contributed by atoms with Crippen molar-refractivity contribution in [3.63, 3.8) is 0 Å². The molecule has 0 saturated carbocycles. The van der Waals surface area contributed by atoms with Crippen molar-refractivity contribution in [1.29, 1.82) is 0 Å². The maximum absolute atomic E-state index is 8.99. The van der Waals surface area contributed by atoms with Gasteiger partial charge in [-0.3, -0.25) is 4.68 Å². The molecule has 0 spiro atoms. The number of hydrogen-bond acceptors (Lipinski definition) is 7. The van der Waals surface area contributed by atoms with Gasteiger partial charge in [-0.2, -0.15) is 15.1 Å². The van der Waals surface area contributed by atoms with Crippen LogP contribution in [0, 0.1) is 5.92 Å². The van der Waals surface area contributed by atoms with Crippen molar-refractivity contribution in [3.05, 3.63) is 6.20 Å². The van der Waals surface area contributed by atoms with E-state index in [-0.39, 0.29) is 30.9 Å². The summed E-state index contributed by atoms with van der Waals surface area (Å²) in [6.07, 6.45) is 1.67. The number of rotatable bonds is 4. The molecule has 8 nitrogen and oxygen atoms in total. The molecule has 0 aliphatic heterocycles. The van der Waals surface area contributed by atoms with Gasteiger partial charge in [0, 0.05) is 31.9 Å². The first-order valence-electron chi connectivity index (χ1n) is 5.12. The summed E-state index contributed by atoms with van der Waals surface area (Å²) in [5, 5.41) is 22.7. The van der Waals surface area contributed by atoms with Gasteiger partial charge in [-0.05, 0) is 0 Å². The normalized spacial score (nSPS) is 11.5. The maximum atomic E-state index is 8.99. The zero-order valence-electron chi connectivity index (χ0n) is 9.11. The van der Waals surface area contributed by atoms with Gasteiger partial charge >= 0.3 is 0 Å². The summed E-state index contributed by atoms with van der Waals surface area (Å²) in [5.41, 5.74) is 11.5. The van der Waals surface area contributed by atoms with E-state index in [0.29, 0.717) is 17.6 Å². The molecule has 0 aromatic carbocycles. The minimum atomic E-state index is -0.268. The van der Waals surface area contributed by atoms with E-state index in [0.717, 1.165) is 0 Å². The molecular weight excluding hydrogens is 224 g/mol. The molecule has 0 radical (unpaired) electrons. The van der Waals surface area contributed by atoms with Gasteiger partial charge in [0.1, 0.15) is 5.82 Å². The fourth-order valence-electron chi connectivity index (χ4n) is 1.52. The average molecular weight is 238 g/mol. The Morgan fingerprint density at radius 3 is 2.59 bits per heavy atom. The van der Waals surface area contributed by atoms with Gasteiger partial charge in [0.15, 0.2) is 5.65 Å². The Morgan fingerprint density at radius 1 is 1.24 bits per heavy atom. The predicted molar refractivity (Wildman–Crippen MR) is 61.8 cm³/mol. The van der Waals surface area contributed by atoms with E-state index in [4.69, 9.17) is 21.7 Å². The molecule has 2 rings (SSSR count). The van der Waals surface area contributed by atoms with Crippen molar-refractivity contribution in [3.8, 4) is 0 Å². The molecular formula is C9H14N6O2. The number of nitrogens with zero attached hydrogens (tertiary/aromatic N) is 4. The molecule has 92 valence electrons. The number of hydrogen-bond donors (Lipinski definition) is 4. The summed E-state index contributed by atoms with van der Waals surface area (Å²) in [5.74, 6) is 0.0697. The number of aliphatic hydroxyl groups is 2. The molecule has 0 bridgehead atoms. The third-order valence-corrected chi connectivity index (χ3v) is 2.44. The zero-order chi connectivity index (χ0) is 12.4. The smallest absolute Gasteiger partial charge is 0.224 e. The van der Waals surface area contributed by atoms with Gasteiger partial charge < -0.3 is 21.7 Å². The van der Waals surface area contributed by atoms with Gasteiger partial charge in [-0.25, -0.2) is 0 Å². The van der Waals surface area contributed by atoms with Crippen molar-refractivity contribution >= 4 is 22.8 Å². The van der Waals surface area contributed by atoms with Gasteiger partial charge in [0.25, 0.3) is 0 Å². The molecule has 17 heavy (non-hydrogen) atoms. The number of fused-ring (bicyclic) bond motifs is 1. The van der Waals surface area contributed by atoms with Crippen molar-refractivity contribution in [2.24, 2.45) is 5.92 Å². The van der Waals surface area contributed by atoms with E-state index < -0.39 is 0 Å². The number of aliphatic hydroxyl groups excluding tert-OH is 2. The largest absolute Gasteiger partial charge is 0.396 e. The topological polar surface area (TPSA) is 136 Å². The van der Waals surface area contributed by atoms with Crippen LogP contribution in [-0.4, -0.2) is 43.2 Å². The van der Waals surface area contributed by atoms with Crippen LogP contribution in [0.1, 0.15) is 0 Å². The number of aromatic nitrogens is 4. The van der Waals surface area contributed by atoms with Crippen LogP contribution in [0.3, 0.4) is 0 Å². The quantitative estimate of drug-likeness (QED) is 0.513. The second kappa shape index (κ2) is 4.52. The third-order valence-electron chi connectivity index (χ3n) is 2.44. The van der Waals surface area contributed by atoms with Gasteiger partial charge in [-0.1, -0.05) is 0 Å². The summed E-state index contributed by atoms with van der Waals surface area (Å²) in [4.78, 5) is 7.77. The Morgan fingerprint density at radius 2 is 1.94 bits per heavy atom. The first kappa shape index (κ1) is 11.6. The molecule has 0 amide bonds. The summed E-state index contributed by atoms with van der Waals surface area (Å²) < 4.78 is 1.56. The number of anilines is 2. The molecule has 0 atom stereocenters. The van der Waals surface area contributed by atoms with E-state index in [1.807, 2.05) is 0 Å². The first-order valence-corrected chi connectivity index (χ1v) is 5.12. The number of nitrogens with two attached hydrogens (primary N) is 2. The molecule has 0 aliphatic rings. The van der Waals surface area contributed by atoms with E-state index in [2.05, 4.69) is 15.1 Å². The molecule has 2 aromatic rings. The Hall–Kier alpha value is -1.93. The Balaban J connectivity index is 2.34. The molecule has 0 saturated heterocycles. The van der Waals surface area contributed by atoms with Crippen LogP contribution in [-0.2, 0) is 6.54 Å². The predicted octanol–water partition coefficient (Wildman–Crippen LogP) is -1.41. The van der Waals surface area contributed by atoms with E-state index >= 15 is 0 Å². The Labute approximate surface area is 96.9 Å². The highest BCUT2D eigenvalue weighted by Gasteiger charge is 2.11. The molecule has 6 N–H and O–H groups in total. The van der Waals surface area contributed by atoms with Crippen LogP contribution in [0.2, 0.25) is 0 Å². The van der Waals surface area contributed by atoms with Crippen LogP contribution in [0.25, 0.3) is 11.0 Å². The second-order valence-electron chi connectivity index (χ2n) is 3.79. The number of nitrogen functional groups attached to an aromatic ring is 2. The minimum Gasteiger partial charge on any atom is -0.396 e. The van der Waals surface area contributed by atoms with Crippen molar-refractivity contribution in [2.75, 3.05) is 24.7 Å².